The normalized spacial score (nSPS) is 32.1. The second-order valence-electron chi connectivity index (χ2n) is 4.83. The predicted molar refractivity (Wildman–Crippen MR) is 57.3 cm³/mol. The molecule has 0 aromatic heterocycles. The third-order valence-electron chi connectivity index (χ3n) is 3.61. The van der Waals surface area contributed by atoms with E-state index in [-0.39, 0.29) is 17.7 Å². The van der Waals surface area contributed by atoms with Gasteiger partial charge in [-0.2, -0.15) is 0 Å². The molecule has 2 atom stereocenters. The van der Waals surface area contributed by atoms with Crippen LogP contribution in [0.1, 0.15) is 33.6 Å². The van der Waals surface area contributed by atoms with Crippen LogP contribution in [-0.2, 0) is 9.59 Å². The van der Waals surface area contributed by atoms with Crippen molar-refractivity contribution >= 4 is 11.7 Å². The van der Waals surface area contributed by atoms with Crippen LogP contribution in [-0.4, -0.2) is 29.2 Å². The molecule has 0 aliphatic carbocycles. The molecule has 2 aliphatic rings. The number of carbonyl (C=O) groups is 2. The summed E-state index contributed by atoms with van der Waals surface area (Å²) in [6.45, 7) is 6.47. The van der Waals surface area contributed by atoms with E-state index in [1.807, 2.05) is 4.90 Å². The molecular formula is C12H17NO2. The van der Waals surface area contributed by atoms with Crippen LogP contribution >= 0.6 is 0 Å². The number of carbonyl (C=O) groups excluding carboxylic acids is 2. The highest BCUT2D eigenvalue weighted by Crippen LogP contribution is 2.30. The Bertz CT molecular complexity index is 357. The minimum absolute atomic E-state index is 0.0627. The van der Waals surface area contributed by atoms with Crippen LogP contribution in [0.25, 0.3) is 0 Å². The van der Waals surface area contributed by atoms with Gasteiger partial charge in [0.05, 0.1) is 0 Å². The lowest BCUT2D eigenvalue weighted by molar-refractivity contribution is -0.127. The van der Waals surface area contributed by atoms with Gasteiger partial charge in [0.1, 0.15) is 0 Å². The minimum Gasteiger partial charge on any atom is -0.335 e. The van der Waals surface area contributed by atoms with Crippen LogP contribution in [0.15, 0.2) is 11.1 Å². The fourth-order valence-corrected chi connectivity index (χ4v) is 2.55. The summed E-state index contributed by atoms with van der Waals surface area (Å²) in [7, 11) is 0. The molecule has 0 aromatic rings. The summed E-state index contributed by atoms with van der Waals surface area (Å²) in [6, 6.07) is 0.146. The molecule has 2 heterocycles. The van der Waals surface area contributed by atoms with Crippen molar-refractivity contribution in [2.75, 3.05) is 6.54 Å². The number of Topliss-reactive ketones (excluding diaryl/α,β-unsaturated/α-hetero) is 1. The number of fused-ring (bicyclic) bond motifs is 1. The van der Waals surface area contributed by atoms with E-state index in [4.69, 9.17) is 0 Å². The van der Waals surface area contributed by atoms with Gasteiger partial charge in [0.25, 0.3) is 0 Å². The smallest absolute Gasteiger partial charge is 0.250 e. The molecule has 1 fully saturated rings. The molecule has 2 rings (SSSR count). The van der Waals surface area contributed by atoms with Gasteiger partial charge in [0.15, 0.2) is 5.78 Å². The van der Waals surface area contributed by atoms with Gasteiger partial charge < -0.3 is 4.90 Å². The van der Waals surface area contributed by atoms with Crippen molar-refractivity contribution in [3.8, 4) is 0 Å². The Morgan fingerprint density at radius 1 is 1.20 bits per heavy atom. The first-order valence-corrected chi connectivity index (χ1v) is 5.52. The Labute approximate surface area is 90.1 Å². The first-order valence-electron chi connectivity index (χ1n) is 5.52. The molecule has 82 valence electrons. The van der Waals surface area contributed by atoms with Crippen molar-refractivity contribution in [2.45, 2.75) is 39.7 Å². The van der Waals surface area contributed by atoms with Gasteiger partial charge in [-0.15, -0.1) is 0 Å². The standard InChI is InChI=1S/C12H17NO2/c1-7-4-10-5-11(14)8(2)9(3)12(15)13(10)6-7/h7,10H,4-6H2,1-3H3. The number of ketones is 1. The highest BCUT2D eigenvalue weighted by atomic mass is 16.2. The van der Waals surface area contributed by atoms with E-state index in [1.54, 1.807) is 13.8 Å². The summed E-state index contributed by atoms with van der Waals surface area (Å²) < 4.78 is 0. The second kappa shape index (κ2) is 3.47. The molecule has 2 unspecified atom stereocenters. The van der Waals surface area contributed by atoms with E-state index in [1.165, 1.54) is 0 Å². The van der Waals surface area contributed by atoms with Gasteiger partial charge in [0, 0.05) is 30.2 Å². The third-order valence-corrected chi connectivity index (χ3v) is 3.61. The lowest BCUT2D eigenvalue weighted by Crippen LogP contribution is -2.35. The van der Waals surface area contributed by atoms with Crippen LogP contribution in [0, 0.1) is 5.92 Å². The zero-order valence-corrected chi connectivity index (χ0v) is 9.54. The molecule has 0 N–H and O–H groups in total. The largest absolute Gasteiger partial charge is 0.335 e. The SMILES string of the molecule is CC1=C(C)C(=O)N2CC(C)CC2CC1=O. The fraction of sp³-hybridized carbons (Fsp3) is 0.667. The number of allylic oxidation sites excluding steroid dienone is 1. The van der Waals surface area contributed by atoms with Crippen molar-refractivity contribution in [2.24, 2.45) is 5.92 Å². The van der Waals surface area contributed by atoms with E-state index in [0.29, 0.717) is 23.5 Å². The van der Waals surface area contributed by atoms with Crippen molar-refractivity contribution < 1.29 is 9.59 Å². The van der Waals surface area contributed by atoms with E-state index >= 15 is 0 Å². The lowest BCUT2D eigenvalue weighted by atomic mass is 10.00. The van der Waals surface area contributed by atoms with Gasteiger partial charge >= 0.3 is 0 Å². The Balaban J connectivity index is 2.36. The molecule has 0 saturated carbocycles. The molecule has 1 amide bonds. The Kier molecular flexibility index (Phi) is 2.41. The molecule has 15 heavy (non-hydrogen) atoms. The minimum atomic E-state index is 0.0627. The second-order valence-corrected chi connectivity index (χ2v) is 4.83. The number of nitrogens with zero attached hydrogens (tertiary/aromatic N) is 1. The third kappa shape index (κ3) is 1.60. The maximum absolute atomic E-state index is 12.0. The summed E-state index contributed by atoms with van der Waals surface area (Å²) >= 11 is 0. The van der Waals surface area contributed by atoms with Gasteiger partial charge in [0.2, 0.25) is 5.91 Å². The monoisotopic (exact) mass is 207 g/mol. The Morgan fingerprint density at radius 2 is 1.87 bits per heavy atom. The summed E-state index contributed by atoms with van der Waals surface area (Å²) in [5.41, 5.74) is 1.29. The molecule has 1 saturated heterocycles. The maximum atomic E-state index is 12.0. The number of hydrogen-bond donors (Lipinski definition) is 0. The Morgan fingerprint density at radius 3 is 2.53 bits per heavy atom. The zero-order valence-electron chi connectivity index (χ0n) is 9.54. The molecule has 0 radical (unpaired) electrons. The van der Waals surface area contributed by atoms with Crippen LogP contribution in [0.4, 0.5) is 0 Å². The lowest BCUT2D eigenvalue weighted by Gasteiger charge is -2.21. The first-order chi connectivity index (χ1) is 7.00. The maximum Gasteiger partial charge on any atom is 0.250 e. The van der Waals surface area contributed by atoms with Crippen molar-refractivity contribution in [1.82, 2.24) is 4.90 Å². The Hall–Kier alpha value is -1.12. The van der Waals surface area contributed by atoms with Crippen molar-refractivity contribution in [3.63, 3.8) is 0 Å². The van der Waals surface area contributed by atoms with Gasteiger partial charge in [-0.3, -0.25) is 9.59 Å². The van der Waals surface area contributed by atoms with Crippen LogP contribution in [0.2, 0.25) is 0 Å². The predicted octanol–water partition coefficient (Wildman–Crippen LogP) is 1.53. The zero-order chi connectivity index (χ0) is 11.2. The molecule has 0 spiro atoms. The van der Waals surface area contributed by atoms with Gasteiger partial charge in [-0.05, 0) is 26.2 Å². The molecule has 3 heteroatoms. The molecule has 0 aromatic carbocycles. The van der Waals surface area contributed by atoms with Crippen LogP contribution < -0.4 is 0 Å². The molecule has 3 nitrogen and oxygen atoms in total. The van der Waals surface area contributed by atoms with E-state index < -0.39 is 0 Å². The highest BCUT2D eigenvalue weighted by molar-refractivity contribution is 6.07. The highest BCUT2D eigenvalue weighted by Gasteiger charge is 2.37. The van der Waals surface area contributed by atoms with Crippen LogP contribution in [0.3, 0.4) is 0 Å². The van der Waals surface area contributed by atoms with E-state index in [9.17, 15) is 9.59 Å². The van der Waals surface area contributed by atoms with Crippen LogP contribution in [0.5, 0.6) is 0 Å². The van der Waals surface area contributed by atoms with Crippen molar-refractivity contribution in [1.29, 1.82) is 0 Å². The average molecular weight is 207 g/mol. The summed E-state index contributed by atoms with van der Waals surface area (Å²) in [5.74, 6) is 0.730. The topological polar surface area (TPSA) is 37.4 Å². The van der Waals surface area contributed by atoms with E-state index in [2.05, 4.69) is 6.92 Å². The van der Waals surface area contributed by atoms with Gasteiger partial charge in [-0.1, -0.05) is 6.92 Å². The van der Waals surface area contributed by atoms with Crippen molar-refractivity contribution in [3.05, 3.63) is 11.1 Å². The molecule has 0 bridgehead atoms. The quantitative estimate of drug-likeness (QED) is 0.604. The fourth-order valence-electron chi connectivity index (χ4n) is 2.55. The number of rotatable bonds is 0. The summed E-state index contributed by atoms with van der Waals surface area (Å²) in [4.78, 5) is 25.7. The molecular weight excluding hydrogens is 190 g/mol. The van der Waals surface area contributed by atoms with E-state index in [0.717, 1.165) is 13.0 Å². The number of hydrogen-bond acceptors (Lipinski definition) is 2. The first kappa shape index (κ1) is 10.4. The number of amides is 1. The van der Waals surface area contributed by atoms with Gasteiger partial charge in [-0.25, -0.2) is 0 Å². The summed E-state index contributed by atoms with van der Waals surface area (Å²) in [6.07, 6.45) is 1.48. The summed E-state index contributed by atoms with van der Waals surface area (Å²) in [5, 5.41) is 0. The molecule has 2 aliphatic heterocycles. The average Bonchev–Trinajstić information content (AvgIpc) is 2.52.